The molecule has 0 amide bonds. The molecule has 2 atom stereocenters. The van der Waals surface area contributed by atoms with Gasteiger partial charge >= 0.3 is 0 Å². The third kappa shape index (κ3) is 3.19. The van der Waals surface area contributed by atoms with Gasteiger partial charge in [-0.15, -0.1) is 0 Å². The van der Waals surface area contributed by atoms with Crippen molar-refractivity contribution in [3.63, 3.8) is 0 Å². The molecule has 0 N–H and O–H groups in total. The van der Waals surface area contributed by atoms with Crippen molar-refractivity contribution >= 4 is 5.78 Å². The zero-order valence-electron chi connectivity index (χ0n) is 10.7. The molecule has 0 heterocycles. The van der Waals surface area contributed by atoms with Gasteiger partial charge in [-0.05, 0) is 55.9 Å². The van der Waals surface area contributed by atoms with Crippen molar-refractivity contribution in [2.75, 3.05) is 0 Å². The van der Waals surface area contributed by atoms with Crippen LogP contribution in [0, 0.1) is 23.7 Å². The van der Waals surface area contributed by atoms with E-state index in [9.17, 15) is 4.79 Å². The van der Waals surface area contributed by atoms with E-state index < -0.39 is 0 Å². The van der Waals surface area contributed by atoms with Crippen molar-refractivity contribution in [3.8, 4) is 0 Å². The van der Waals surface area contributed by atoms with E-state index in [1.165, 1.54) is 12.8 Å². The summed E-state index contributed by atoms with van der Waals surface area (Å²) >= 11 is 0. The lowest BCUT2D eigenvalue weighted by atomic mass is 9.69. The summed E-state index contributed by atoms with van der Waals surface area (Å²) in [6, 6.07) is 0. The number of carbonyl (C=O) groups is 1. The molecule has 0 spiro atoms. The summed E-state index contributed by atoms with van der Waals surface area (Å²) in [5.74, 6) is 3.10. The van der Waals surface area contributed by atoms with Gasteiger partial charge in [-0.1, -0.05) is 26.8 Å². The fraction of sp³-hybridized carbons (Fsp3) is 0.786. The zero-order valence-corrected chi connectivity index (χ0v) is 10.7. The average Bonchev–Trinajstić information content (AvgIpc) is 2.10. The molecule has 0 radical (unpaired) electrons. The van der Waals surface area contributed by atoms with Crippen LogP contribution in [0.15, 0.2) is 11.6 Å². The van der Waals surface area contributed by atoms with Gasteiger partial charge in [-0.25, -0.2) is 0 Å². The summed E-state index contributed by atoms with van der Waals surface area (Å²) < 4.78 is 0. The van der Waals surface area contributed by atoms with E-state index in [0.29, 0.717) is 5.92 Å². The van der Waals surface area contributed by atoms with E-state index in [2.05, 4.69) is 26.8 Å². The van der Waals surface area contributed by atoms with Crippen LogP contribution >= 0.6 is 0 Å². The lowest BCUT2D eigenvalue weighted by Crippen LogP contribution is -2.27. The number of hydrogen-bond donors (Lipinski definition) is 0. The van der Waals surface area contributed by atoms with Gasteiger partial charge < -0.3 is 0 Å². The maximum atomic E-state index is 11.2. The van der Waals surface area contributed by atoms with Crippen LogP contribution in [0.3, 0.4) is 0 Å². The van der Waals surface area contributed by atoms with Gasteiger partial charge in [-0.3, -0.25) is 4.79 Å². The molecule has 1 fully saturated rings. The van der Waals surface area contributed by atoms with Gasteiger partial charge in [-0.2, -0.15) is 0 Å². The van der Waals surface area contributed by atoms with Crippen LogP contribution in [0.5, 0.6) is 0 Å². The Kier molecular flexibility index (Phi) is 4.12. The predicted octanol–water partition coefficient (Wildman–Crippen LogP) is 3.84. The van der Waals surface area contributed by atoms with E-state index in [0.717, 1.165) is 23.3 Å². The Hall–Kier alpha value is -0.590. The Bertz CT molecular complexity index is 253. The van der Waals surface area contributed by atoms with Gasteiger partial charge in [0, 0.05) is 0 Å². The van der Waals surface area contributed by atoms with Gasteiger partial charge in [0.2, 0.25) is 0 Å². The van der Waals surface area contributed by atoms with Crippen LogP contribution in [0.4, 0.5) is 0 Å². The number of ketones is 1. The molecule has 1 aliphatic rings. The van der Waals surface area contributed by atoms with Gasteiger partial charge in [0.1, 0.15) is 0 Å². The molecule has 15 heavy (non-hydrogen) atoms. The highest BCUT2D eigenvalue weighted by atomic mass is 16.1. The summed E-state index contributed by atoms with van der Waals surface area (Å²) in [5.41, 5.74) is 0.938. The van der Waals surface area contributed by atoms with Crippen molar-refractivity contribution in [1.29, 1.82) is 0 Å². The highest BCUT2D eigenvalue weighted by molar-refractivity contribution is 5.92. The van der Waals surface area contributed by atoms with E-state index in [-0.39, 0.29) is 5.78 Å². The largest absolute Gasteiger partial charge is 0.295 e. The summed E-state index contributed by atoms with van der Waals surface area (Å²) in [7, 11) is 0. The normalized spacial score (nSPS) is 37.8. The first-order valence-electron chi connectivity index (χ1n) is 6.11. The third-order valence-electron chi connectivity index (χ3n) is 3.86. The molecule has 0 aromatic carbocycles. The first-order valence-corrected chi connectivity index (χ1v) is 6.11. The minimum Gasteiger partial charge on any atom is -0.295 e. The molecule has 1 nitrogen and oxygen atoms in total. The van der Waals surface area contributed by atoms with Crippen molar-refractivity contribution in [3.05, 3.63) is 11.6 Å². The third-order valence-corrected chi connectivity index (χ3v) is 3.86. The van der Waals surface area contributed by atoms with E-state index in [4.69, 9.17) is 0 Å². The minimum absolute atomic E-state index is 0.216. The van der Waals surface area contributed by atoms with Crippen molar-refractivity contribution in [2.24, 2.45) is 23.7 Å². The molecule has 0 bridgehead atoms. The molecule has 0 saturated heterocycles. The van der Waals surface area contributed by atoms with Crippen LogP contribution in [0.25, 0.3) is 0 Å². The second-order valence-corrected chi connectivity index (χ2v) is 5.51. The number of hydrogen-bond acceptors (Lipinski definition) is 1. The first kappa shape index (κ1) is 12.5. The number of rotatable bonds is 2. The van der Waals surface area contributed by atoms with Crippen LogP contribution in [0.1, 0.15) is 47.5 Å². The molecule has 0 aromatic heterocycles. The second kappa shape index (κ2) is 4.96. The van der Waals surface area contributed by atoms with Gasteiger partial charge in [0.25, 0.3) is 0 Å². The SMILES string of the molecule is CC(=O)C(C)=CC1C(C)CC(C)CC1C. The smallest absolute Gasteiger partial charge is 0.155 e. The summed E-state index contributed by atoms with van der Waals surface area (Å²) in [6.45, 7) is 10.6. The first-order chi connectivity index (χ1) is 6.91. The Morgan fingerprint density at radius 3 is 1.93 bits per heavy atom. The van der Waals surface area contributed by atoms with Crippen molar-refractivity contribution < 1.29 is 4.79 Å². The quantitative estimate of drug-likeness (QED) is 0.630. The lowest BCUT2D eigenvalue weighted by Gasteiger charge is -2.36. The number of allylic oxidation sites excluding steroid dienone is 2. The average molecular weight is 208 g/mol. The van der Waals surface area contributed by atoms with E-state index >= 15 is 0 Å². The molecular formula is C14H24O. The lowest BCUT2D eigenvalue weighted by molar-refractivity contribution is -0.113. The molecule has 0 aliphatic heterocycles. The summed E-state index contributed by atoms with van der Waals surface area (Å²) in [6.07, 6.45) is 4.82. The maximum Gasteiger partial charge on any atom is 0.155 e. The molecule has 1 saturated carbocycles. The second-order valence-electron chi connectivity index (χ2n) is 5.51. The number of carbonyl (C=O) groups excluding carboxylic acids is 1. The topological polar surface area (TPSA) is 17.1 Å². The molecular weight excluding hydrogens is 184 g/mol. The Labute approximate surface area is 93.9 Å². The molecule has 1 heteroatoms. The molecule has 2 unspecified atom stereocenters. The fourth-order valence-corrected chi connectivity index (χ4v) is 2.98. The zero-order chi connectivity index (χ0) is 11.6. The molecule has 1 aliphatic carbocycles. The van der Waals surface area contributed by atoms with Gasteiger partial charge in [0.15, 0.2) is 5.78 Å². The Morgan fingerprint density at radius 2 is 1.53 bits per heavy atom. The molecule has 1 rings (SSSR count). The Morgan fingerprint density at radius 1 is 1.07 bits per heavy atom. The van der Waals surface area contributed by atoms with E-state index in [1.54, 1.807) is 6.92 Å². The van der Waals surface area contributed by atoms with Crippen LogP contribution in [-0.4, -0.2) is 5.78 Å². The van der Waals surface area contributed by atoms with Crippen molar-refractivity contribution in [1.82, 2.24) is 0 Å². The van der Waals surface area contributed by atoms with Crippen LogP contribution in [-0.2, 0) is 4.79 Å². The summed E-state index contributed by atoms with van der Waals surface area (Å²) in [5, 5.41) is 0. The fourth-order valence-electron chi connectivity index (χ4n) is 2.98. The standard InChI is InChI=1S/C14H24O/c1-9-6-11(3)14(12(4)7-9)8-10(2)13(5)15/h8-9,11-12,14H,6-7H2,1-5H3. The van der Waals surface area contributed by atoms with Crippen LogP contribution in [0.2, 0.25) is 0 Å². The summed E-state index contributed by atoms with van der Waals surface area (Å²) in [4.78, 5) is 11.2. The van der Waals surface area contributed by atoms with Crippen LogP contribution < -0.4 is 0 Å². The monoisotopic (exact) mass is 208 g/mol. The molecule has 0 aromatic rings. The van der Waals surface area contributed by atoms with Crippen molar-refractivity contribution in [2.45, 2.75) is 47.5 Å². The minimum atomic E-state index is 0.216. The maximum absolute atomic E-state index is 11.2. The highest BCUT2D eigenvalue weighted by Gasteiger charge is 2.29. The molecule has 86 valence electrons. The predicted molar refractivity (Wildman–Crippen MR) is 64.7 cm³/mol. The highest BCUT2D eigenvalue weighted by Crippen LogP contribution is 2.38. The van der Waals surface area contributed by atoms with E-state index in [1.807, 2.05) is 6.92 Å². The number of Topliss-reactive ketones (excluding diaryl/α,β-unsaturated/α-hetero) is 1. The van der Waals surface area contributed by atoms with Gasteiger partial charge in [0.05, 0.1) is 0 Å². The Balaban J connectivity index is 2.76.